The number of carbonyl (C=O) groups excluding carboxylic acids is 1. The van der Waals surface area contributed by atoms with Gasteiger partial charge in [0.25, 0.3) is 0 Å². The van der Waals surface area contributed by atoms with E-state index in [2.05, 4.69) is 34.7 Å². The summed E-state index contributed by atoms with van der Waals surface area (Å²) in [7, 11) is 4.06. The van der Waals surface area contributed by atoms with Gasteiger partial charge in [0.1, 0.15) is 11.0 Å². The van der Waals surface area contributed by atoms with Gasteiger partial charge in [0.2, 0.25) is 11.8 Å². The molecule has 0 radical (unpaired) electrons. The van der Waals surface area contributed by atoms with Gasteiger partial charge in [0, 0.05) is 36.2 Å². The maximum atomic E-state index is 14.1. The van der Waals surface area contributed by atoms with Gasteiger partial charge < -0.3 is 19.6 Å². The molecule has 7 nitrogen and oxygen atoms in total. The standard InChI is InChI=1S/C33H43N3O4S/c1-22-7-9-24(10-8-22)31(37)36(28-20-27(15-17-33(2,3)4)41-30(28)32(38)39)25-11-13-26(14-12-25)40-29-19-23(16-18-34-29)21-35(5)6/h7,16,18-20,24-26H,8-14,21H2,1-6H3,(H,38,39)/t24?,25-,26-. The van der Waals surface area contributed by atoms with E-state index in [1.807, 2.05) is 58.0 Å². The third kappa shape index (κ3) is 8.43. The largest absolute Gasteiger partial charge is 0.477 e. The molecule has 8 heteroatoms. The lowest BCUT2D eigenvalue weighted by molar-refractivity contribution is -0.123. The van der Waals surface area contributed by atoms with Gasteiger partial charge in [-0.05, 0) is 104 Å². The molecule has 1 N–H and O–H groups in total. The van der Waals surface area contributed by atoms with Gasteiger partial charge in [0.15, 0.2) is 0 Å². The summed E-state index contributed by atoms with van der Waals surface area (Å²) in [6.07, 6.45) is 9.29. The molecule has 2 heterocycles. The number of carbonyl (C=O) groups is 2. The Morgan fingerprint density at radius 2 is 1.88 bits per heavy atom. The third-order valence-electron chi connectivity index (χ3n) is 7.55. The van der Waals surface area contributed by atoms with Crippen molar-refractivity contribution < 1.29 is 19.4 Å². The Hall–Kier alpha value is -3.15. The van der Waals surface area contributed by atoms with E-state index < -0.39 is 5.97 Å². The number of ether oxygens (including phenoxy) is 1. The third-order valence-corrected chi connectivity index (χ3v) is 8.57. The minimum absolute atomic E-state index is 0.000189. The van der Waals surface area contributed by atoms with Gasteiger partial charge in [0.05, 0.1) is 10.6 Å². The van der Waals surface area contributed by atoms with Crippen molar-refractivity contribution in [2.24, 2.45) is 11.3 Å². The number of amides is 1. The predicted octanol–water partition coefficient (Wildman–Crippen LogP) is 6.77. The molecule has 1 saturated carbocycles. The van der Waals surface area contributed by atoms with Gasteiger partial charge in [-0.1, -0.05) is 23.5 Å². The van der Waals surface area contributed by atoms with E-state index in [1.54, 1.807) is 6.20 Å². The average molecular weight is 578 g/mol. The van der Waals surface area contributed by atoms with Crippen LogP contribution in [0.3, 0.4) is 0 Å². The van der Waals surface area contributed by atoms with Crippen LogP contribution in [0.15, 0.2) is 36.0 Å². The Morgan fingerprint density at radius 1 is 1.15 bits per heavy atom. The summed E-state index contributed by atoms with van der Waals surface area (Å²) in [4.78, 5) is 35.7. The van der Waals surface area contributed by atoms with E-state index in [-0.39, 0.29) is 34.3 Å². The summed E-state index contributed by atoms with van der Waals surface area (Å²) in [6.45, 7) is 8.99. The Balaban J connectivity index is 1.58. The molecule has 2 aliphatic rings. The predicted molar refractivity (Wildman–Crippen MR) is 164 cm³/mol. The van der Waals surface area contributed by atoms with Crippen LogP contribution in [0.25, 0.3) is 0 Å². The number of thiophene rings is 1. The molecule has 0 aliphatic heterocycles. The van der Waals surface area contributed by atoms with E-state index in [0.29, 0.717) is 22.9 Å². The Morgan fingerprint density at radius 3 is 2.49 bits per heavy atom. The monoisotopic (exact) mass is 577 g/mol. The number of allylic oxidation sites excluding steroid dienone is 2. The van der Waals surface area contributed by atoms with Gasteiger partial charge in [-0.3, -0.25) is 4.79 Å². The van der Waals surface area contributed by atoms with Crippen LogP contribution in [0.2, 0.25) is 0 Å². The van der Waals surface area contributed by atoms with Crippen LogP contribution in [0.1, 0.15) is 92.8 Å². The molecule has 2 aliphatic carbocycles. The van der Waals surface area contributed by atoms with Gasteiger partial charge in [-0.2, -0.15) is 0 Å². The molecule has 2 aromatic rings. The zero-order valence-electron chi connectivity index (χ0n) is 25.2. The second-order valence-corrected chi connectivity index (χ2v) is 13.7. The fraction of sp³-hybridized carbons (Fsp3) is 0.545. The molecule has 0 spiro atoms. The molecule has 1 atom stereocenters. The zero-order chi connectivity index (χ0) is 29.7. The highest BCUT2D eigenvalue weighted by atomic mass is 32.1. The van der Waals surface area contributed by atoms with E-state index in [1.165, 1.54) is 5.57 Å². The fourth-order valence-corrected chi connectivity index (χ4v) is 6.32. The number of aromatic carboxylic acids is 1. The normalized spacial score (nSPS) is 21.0. The quantitative estimate of drug-likeness (QED) is 0.275. The summed E-state index contributed by atoms with van der Waals surface area (Å²) in [5.74, 6) is 5.84. The van der Waals surface area contributed by atoms with Gasteiger partial charge >= 0.3 is 5.97 Å². The number of carboxylic acid groups (broad SMARTS) is 1. The van der Waals surface area contributed by atoms with Crippen molar-refractivity contribution in [2.75, 3.05) is 19.0 Å². The van der Waals surface area contributed by atoms with Gasteiger partial charge in [-0.25, -0.2) is 9.78 Å². The lowest BCUT2D eigenvalue weighted by Crippen LogP contribution is -2.47. The van der Waals surface area contributed by atoms with Crippen LogP contribution in [-0.4, -0.2) is 53.1 Å². The molecule has 0 bridgehead atoms. The summed E-state index contributed by atoms with van der Waals surface area (Å²) in [5.41, 5.74) is 2.72. The van der Waals surface area contributed by atoms with Crippen molar-refractivity contribution in [3.8, 4) is 17.7 Å². The maximum absolute atomic E-state index is 14.1. The molecule has 220 valence electrons. The fourth-order valence-electron chi connectivity index (χ4n) is 5.48. The van der Waals surface area contributed by atoms with Crippen molar-refractivity contribution in [1.82, 2.24) is 9.88 Å². The highest BCUT2D eigenvalue weighted by molar-refractivity contribution is 7.15. The lowest BCUT2D eigenvalue weighted by Gasteiger charge is -2.38. The van der Waals surface area contributed by atoms with E-state index in [9.17, 15) is 14.7 Å². The van der Waals surface area contributed by atoms with E-state index in [0.717, 1.165) is 62.0 Å². The Kier molecular flexibility index (Phi) is 9.93. The van der Waals surface area contributed by atoms with Crippen LogP contribution >= 0.6 is 11.3 Å². The smallest absolute Gasteiger partial charge is 0.348 e. The van der Waals surface area contributed by atoms with E-state index >= 15 is 0 Å². The average Bonchev–Trinajstić information content (AvgIpc) is 3.33. The van der Waals surface area contributed by atoms with Crippen LogP contribution in [0.4, 0.5) is 5.69 Å². The summed E-state index contributed by atoms with van der Waals surface area (Å²) in [6, 6.07) is 5.71. The first kappa shape index (κ1) is 30.8. The van der Waals surface area contributed by atoms with Gasteiger partial charge in [-0.15, -0.1) is 11.3 Å². The first-order valence-electron chi connectivity index (χ1n) is 14.5. The Labute approximate surface area is 248 Å². The zero-order valence-corrected chi connectivity index (χ0v) is 26.0. The molecular weight excluding hydrogens is 534 g/mol. The minimum Gasteiger partial charge on any atom is -0.477 e. The number of hydrogen-bond donors (Lipinski definition) is 1. The van der Waals surface area contributed by atoms with Crippen molar-refractivity contribution in [1.29, 1.82) is 0 Å². The first-order chi connectivity index (χ1) is 19.4. The molecular formula is C33H43N3O4S. The first-order valence-corrected chi connectivity index (χ1v) is 15.4. The second-order valence-electron chi connectivity index (χ2n) is 12.6. The van der Waals surface area contributed by atoms with Crippen molar-refractivity contribution >= 4 is 28.9 Å². The van der Waals surface area contributed by atoms with Crippen LogP contribution in [0, 0.1) is 23.2 Å². The Bertz CT molecular complexity index is 1340. The minimum atomic E-state index is -1.02. The molecule has 1 unspecified atom stereocenters. The molecule has 2 aromatic heterocycles. The maximum Gasteiger partial charge on any atom is 0.348 e. The second kappa shape index (κ2) is 13.2. The van der Waals surface area contributed by atoms with Crippen molar-refractivity contribution in [3.63, 3.8) is 0 Å². The molecule has 1 fully saturated rings. The summed E-state index contributed by atoms with van der Waals surface area (Å²) in [5, 5.41) is 10.1. The number of hydrogen-bond acceptors (Lipinski definition) is 6. The van der Waals surface area contributed by atoms with E-state index in [4.69, 9.17) is 4.74 Å². The highest BCUT2D eigenvalue weighted by Crippen LogP contribution is 2.38. The van der Waals surface area contributed by atoms with Crippen LogP contribution < -0.4 is 9.64 Å². The summed E-state index contributed by atoms with van der Waals surface area (Å²) < 4.78 is 6.28. The lowest BCUT2D eigenvalue weighted by atomic mass is 9.86. The van der Waals surface area contributed by atoms with Crippen LogP contribution in [0.5, 0.6) is 5.88 Å². The molecule has 41 heavy (non-hydrogen) atoms. The number of anilines is 1. The molecule has 4 rings (SSSR count). The summed E-state index contributed by atoms with van der Waals surface area (Å²) >= 11 is 1.16. The number of pyridine rings is 1. The van der Waals surface area contributed by atoms with Crippen molar-refractivity contribution in [3.05, 3.63) is 51.4 Å². The number of aromatic nitrogens is 1. The molecule has 1 amide bonds. The number of nitrogens with zero attached hydrogens (tertiary/aromatic N) is 3. The number of rotatable bonds is 8. The molecule has 0 aromatic carbocycles. The molecule has 0 saturated heterocycles. The van der Waals surface area contributed by atoms with Crippen molar-refractivity contribution in [2.45, 2.75) is 91.3 Å². The number of carboxylic acids is 1. The topological polar surface area (TPSA) is 83.0 Å². The highest BCUT2D eigenvalue weighted by Gasteiger charge is 2.37. The van der Waals surface area contributed by atoms with Crippen LogP contribution in [-0.2, 0) is 11.3 Å². The SMILES string of the molecule is CC1=CCC(C(=O)N(c2cc(C#CC(C)(C)C)sc2C(=O)O)[C@H]2CC[C@H](Oc3cc(CN(C)C)ccn3)CC2)CC1.